The molecule has 2 saturated heterocycles. The van der Waals surface area contributed by atoms with E-state index in [1.807, 2.05) is 88.0 Å². The quantitative estimate of drug-likeness (QED) is 0.0295. The van der Waals surface area contributed by atoms with Gasteiger partial charge in [0.1, 0.15) is 35.8 Å². The molecule has 84 heavy (non-hydrogen) atoms. The lowest BCUT2D eigenvalue weighted by Crippen LogP contribution is -2.58. The Kier molecular flexibility index (Phi) is 21.3. The first kappa shape index (κ1) is 62.7. The number of aliphatic hydroxyl groups is 1. The molecule has 448 valence electrons. The Hall–Kier alpha value is -7.34. The minimum Gasteiger partial charge on any atom is -0.508 e. The summed E-state index contributed by atoms with van der Waals surface area (Å²) < 4.78 is 33.8. The number of ether oxygens (including phenoxy) is 3. The highest BCUT2D eigenvalue weighted by Gasteiger charge is 2.45. The minimum atomic E-state index is -1.01. The van der Waals surface area contributed by atoms with Crippen molar-refractivity contribution in [3.8, 4) is 27.3 Å². The Morgan fingerprint density at radius 1 is 0.917 bits per heavy atom. The van der Waals surface area contributed by atoms with E-state index in [4.69, 9.17) is 30.8 Å². The van der Waals surface area contributed by atoms with Crippen molar-refractivity contribution in [3.05, 3.63) is 106 Å². The van der Waals surface area contributed by atoms with E-state index in [0.29, 0.717) is 66.7 Å². The second-order valence-electron chi connectivity index (χ2n) is 22.2. The number of benzene rings is 4. The molecule has 20 nitrogen and oxygen atoms in total. The van der Waals surface area contributed by atoms with Crippen LogP contribution in [0.3, 0.4) is 0 Å². The number of likely N-dealkylation sites (tertiary alicyclic amines) is 1. The van der Waals surface area contributed by atoms with Gasteiger partial charge in [-0.25, -0.2) is 14.4 Å². The van der Waals surface area contributed by atoms with Crippen LogP contribution in [0.15, 0.2) is 84.4 Å². The number of halogens is 2. The number of phenols is 1. The van der Waals surface area contributed by atoms with Crippen molar-refractivity contribution < 1.29 is 52.8 Å². The van der Waals surface area contributed by atoms with Crippen molar-refractivity contribution in [3.63, 3.8) is 0 Å². The number of aliphatic hydroxyl groups excluding tert-OH is 1. The van der Waals surface area contributed by atoms with Gasteiger partial charge in [0, 0.05) is 77.2 Å². The number of hydrogen-bond donors (Lipinski definition) is 5. The number of fused-ring (bicyclic) bond motifs is 2. The highest BCUT2D eigenvalue weighted by atomic mass is 35.5. The number of phenolic OH excluding ortho intramolecular Hbond substituents is 1. The summed E-state index contributed by atoms with van der Waals surface area (Å²) in [7, 11) is 3.33. The topological polar surface area (TPSA) is 241 Å². The van der Waals surface area contributed by atoms with E-state index in [-0.39, 0.29) is 105 Å². The highest BCUT2D eigenvalue weighted by molar-refractivity contribution is 7.13. The van der Waals surface area contributed by atoms with Crippen molar-refractivity contribution >= 4 is 85.9 Å². The predicted molar refractivity (Wildman–Crippen MR) is 322 cm³/mol. The Morgan fingerprint density at radius 2 is 1.62 bits per heavy atom. The summed E-state index contributed by atoms with van der Waals surface area (Å²) in [5.74, 6) is -1.87. The fourth-order valence-corrected chi connectivity index (χ4v) is 11.3. The van der Waals surface area contributed by atoms with E-state index in [2.05, 4.69) is 25.9 Å². The molecule has 4 heterocycles. The fourth-order valence-electron chi connectivity index (χ4n) is 10.2. The average molecular weight is 1190 g/mol. The van der Waals surface area contributed by atoms with Crippen molar-refractivity contribution in [2.24, 2.45) is 5.41 Å². The second-order valence-corrected chi connectivity index (χ2v) is 23.4. The number of nitrogens with zero attached hydrogens (tertiary/aromatic N) is 7. The summed E-state index contributed by atoms with van der Waals surface area (Å²) in [4.78, 5) is 87.8. The Labute approximate surface area is 497 Å². The van der Waals surface area contributed by atoms with E-state index in [1.54, 1.807) is 54.1 Å². The van der Waals surface area contributed by atoms with Crippen LogP contribution in [0.5, 0.6) is 5.75 Å². The molecule has 2 aliphatic rings. The molecule has 8 rings (SSSR count). The summed E-state index contributed by atoms with van der Waals surface area (Å²) in [6.45, 7) is 11.8. The molecule has 4 aromatic carbocycles. The lowest BCUT2D eigenvalue weighted by molar-refractivity contribution is -0.144. The van der Waals surface area contributed by atoms with E-state index in [9.17, 15) is 34.2 Å². The van der Waals surface area contributed by atoms with Crippen LogP contribution >= 0.6 is 22.9 Å². The number of β-amino-alcohol motifs (C(OH)–C–C–N with tert-alkyl or cyclic N) is 1. The van der Waals surface area contributed by atoms with Crippen LogP contribution in [0.4, 0.5) is 16.2 Å². The zero-order chi connectivity index (χ0) is 60.2. The average Bonchev–Trinajstić information content (AvgIpc) is 1.41. The lowest BCUT2D eigenvalue weighted by atomic mass is 9.85. The number of nitrogens with one attached hydrogen (secondary N) is 3. The second kappa shape index (κ2) is 28.5. The molecule has 23 heteroatoms. The van der Waals surface area contributed by atoms with Crippen molar-refractivity contribution in [2.45, 2.75) is 78.1 Å². The molecule has 2 fully saturated rings. The van der Waals surface area contributed by atoms with Gasteiger partial charge in [0.25, 0.3) is 0 Å². The number of piperazine rings is 1. The molecule has 2 aliphatic heterocycles. The summed E-state index contributed by atoms with van der Waals surface area (Å²) in [5.41, 5.74) is 4.41. The molecule has 0 saturated carbocycles. The molecule has 0 spiro atoms. The zero-order valence-electron chi connectivity index (χ0n) is 48.5. The van der Waals surface area contributed by atoms with E-state index in [0.717, 1.165) is 21.7 Å². The van der Waals surface area contributed by atoms with Crippen molar-refractivity contribution in [1.29, 1.82) is 0 Å². The molecule has 5 N–H and O–H groups in total. The number of anilines is 2. The van der Waals surface area contributed by atoms with Crippen molar-refractivity contribution in [1.82, 2.24) is 40.3 Å². The molecular formula is C61H74ClFN10O10S. The molecule has 0 aliphatic carbocycles. The number of aromatic hydroxyl groups is 1. The molecule has 5 amide bonds. The van der Waals surface area contributed by atoms with Crippen LogP contribution < -0.4 is 20.9 Å². The number of aromatic nitrogens is 3. The molecule has 2 aromatic heterocycles. The maximum atomic E-state index is 17.0. The molecule has 0 radical (unpaired) electrons. The normalized spacial score (nSPS) is 16.3. The highest BCUT2D eigenvalue weighted by Crippen LogP contribution is 2.42. The fraction of sp³-hybridized carbons (Fsp3) is 0.443. The molecular weight excluding hydrogens is 1120 g/mol. The van der Waals surface area contributed by atoms with Gasteiger partial charge in [0.15, 0.2) is 5.82 Å². The number of rotatable bonds is 24. The monoisotopic (exact) mass is 1190 g/mol. The zero-order valence-corrected chi connectivity index (χ0v) is 50.0. The standard InChI is InChI=1S/C61H74ClFN10O10S/c1-37(39-15-17-40(18-16-39)55-38(2)65-36-84-55)66-58(79)48-32-43(75)34-73(48)59(80)56(61(3,4)5)67-49(76)35-83-29-28-82-27-26-81-25-11-10-14-51(78)71-21-23-72(24-22-71)57-46-33-47(62)52(45-31-42(74)30-41-12-8-9-13-44(41)45)53(63)54(46)68-60(69-57)64-20-19-50(77)70(6)7/h8-10,12-18,30-31,33,36-37,43,48,56,74-75H,11,19-29,32,34-35H2,1-7H3,(H,66,79)(H,67,76)(H,64,68,69)/b14-10+/t37-,43+,48-,56+/m0/s1. The van der Waals surface area contributed by atoms with Gasteiger partial charge >= 0.3 is 0 Å². The molecule has 6 aromatic rings. The van der Waals surface area contributed by atoms with E-state index < -0.39 is 47.1 Å². The Balaban J connectivity index is 0.743. The summed E-state index contributed by atoms with van der Waals surface area (Å²) in [6.07, 6.45) is 3.06. The van der Waals surface area contributed by atoms with Crippen LogP contribution in [-0.2, 0) is 38.2 Å². The SMILES string of the molecule is Cc1ncsc1-c1ccc([C@H](C)NC(=O)[C@@H]2C[C@@H](O)CN2C(=O)[C@@H](NC(=O)COCCOCCOCC/C=C/C(=O)N2CCN(c3nc(NCCC(=O)N(C)C)nc4c(F)c(-c5cc(O)cc6ccccc56)c(Cl)cc34)CC2)C(C)(C)C)cc1. The first-order valence-electron chi connectivity index (χ1n) is 28.1. The first-order chi connectivity index (χ1) is 40.2. The third kappa shape index (κ3) is 15.7. The van der Waals surface area contributed by atoms with Gasteiger partial charge in [-0.1, -0.05) is 87.0 Å². The number of thiazole rings is 1. The van der Waals surface area contributed by atoms with Gasteiger partial charge in [0.05, 0.1) is 66.3 Å². The number of hydrogen-bond acceptors (Lipinski definition) is 16. The Morgan fingerprint density at radius 3 is 2.31 bits per heavy atom. The third-order valence-corrected chi connectivity index (χ3v) is 16.0. The number of carbonyl (C=O) groups is 5. The predicted octanol–water partition coefficient (Wildman–Crippen LogP) is 7.29. The van der Waals surface area contributed by atoms with E-state index >= 15 is 4.39 Å². The third-order valence-electron chi connectivity index (χ3n) is 14.7. The van der Waals surface area contributed by atoms with E-state index in [1.165, 1.54) is 21.9 Å². The van der Waals surface area contributed by atoms with Crippen LogP contribution in [0.2, 0.25) is 5.02 Å². The first-order valence-corrected chi connectivity index (χ1v) is 29.3. The Bertz CT molecular complexity index is 3350. The van der Waals surface area contributed by atoms with Crippen LogP contribution in [0.1, 0.15) is 64.3 Å². The van der Waals surface area contributed by atoms with Crippen LogP contribution in [0, 0.1) is 18.2 Å². The maximum absolute atomic E-state index is 17.0. The molecule has 4 atom stereocenters. The number of amides is 5. The van der Waals surface area contributed by atoms with Gasteiger partial charge in [-0.3, -0.25) is 24.0 Å². The van der Waals surface area contributed by atoms with Gasteiger partial charge in [0.2, 0.25) is 35.5 Å². The molecule has 0 bridgehead atoms. The largest absolute Gasteiger partial charge is 0.508 e. The minimum absolute atomic E-state index is 0.00447. The van der Waals surface area contributed by atoms with Crippen LogP contribution in [-0.4, -0.2) is 181 Å². The van der Waals surface area contributed by atoms with Gasteiger partial charge < -0.3 is 60.0 Å². The molecule has 0 unspecified atom stereocenters. The van der Waals surface area contributed by atoms with Crippen molar-refractivity contribution in [2.75, 3.05) is 103 Å². The summed E-state index contributed by atoms with van der Waals surface area (Å²) >= 11 is 8.46. The summed E-state index contributed by atoms with van der Waals surface area (Å²) in [5, 5.41) is 32.0. The lowest BCUT2D eigenvalue weighted by Gasteiger charge is -2.35. The maximum Gasteiger partial charge on any atom is 0.246 e. The number of aryl methyl sites for hydroxylation is 1. The van der Waals surface area contributed by atoms with Crippen LogP contribution in [0.25, 0.3) is 43.2 Å². The smallest absolute Gasteiger partial charge is 0.246 e. The number of carbonyl (C=O) groups excluding carboxylic acids is 5. The summed E-state index contributed by atoms with van der Waals surface area (Å²) in [6, 6.07) is 17.6. The van der Waals surface area contributed by atoms with Gasteiger partial charge in [-0.15, -0.1) is 11.3 Å². The van der Waals surface area contributed by atoms with Gasteiger partial charge in [-0.2, -0.15) is 4.98 Å². The van der Waals surface area contributed by atoms with Gasteiger partial charge in [-0.05, 0) is 77.4 Å².